The topological polar surface area (TPSA) is 12.5 Å². The normalized spacial score (nSPS) is 12.1. The Morgan fingerprint density at radius 1 is 0.628 bits per heavy atom. The minimum Gasteiger partial charge on any atom is -0.497 e. The van der Waals surface area contributed by atoms with Crippen molar-refractivity contribution in [3.63, 3.8) is 0 Å². The Morgan fingerprint density at radius 3 is 1.65 bits per heavy atom. The third-order valence-electron chi connectivity index (χ3n) is 6.76. The van der Waals surface area contributed by atoms with Gasteiger partial charge in [0.2, 0.25) is 0 Å². The van der Waals surface area contributed by atoms with Crippen molar-refractivity contribution in [2.24, 2.45) is 0 Å². The van der Waals surface area contributed by atoms with Crippen LogP contribution >= 0.6 is 0 Å². The Morgan fingerprint density at radius 2 is 1.14 bits per heavy atom. The molecule has 0 aliphatic heterocycles. The van der Waals surface area contributed by atoms with Crippen LogP contribution in [0.4, 0.5) is 17.1 Å². The maximum atomic E-state index is 5.48. The van der Waals surface area contributed by atoms with Gasteiger partial charge in [-0.05, 0) is 84.1 Å². The third kappa shape index (κ3) is 9.34. The molecule has 0 aromatic heterocycles. The highest BCUT2D eigenvalue weighted by Gasteiger charge is 2.15. The molecule has 0 saturated heterocycles. The highest BCUT2D eigenvalue weighted by molar-refractivity contribution is 5.79. The van der Waals surface area contributed by atoms with Crippen LogP contribution in [0.3, 0.4) is 0 Å². The van der Waals surface area contributed by atoms with Crippen molar-refractivity contribution >= 4 is 35.3 Å². The smallest absolute Gasteiger partial charge is 0.119 e. The summed E-state index contributed by atoms with van der Waals surface area (Å²) in [5, 5.41) is 0. The molecule has 0 aliphatic carbocycles. The molecule has 0 heterocycles. The van der Waals surface area contributed by atoms with Crippen LogP contribution in [0.1, 0.15) is 29.2 Å². The summed E-state index contributed by atoms with van der Waals surface area (Å²) < 4.78 is 5.48. The summed E-state index contributed by atoms with van der Waals surface area (Å²) >= 11 is 0. The maximum Gasteiger partial charge on any atom is 0.119 e. The first-order valence-corrected chi connectivity index (χ1v) is 14.4. The van der Waals surface area contributed by atoms with Gasteiger partial charge in [-0.1, -0.05) is 134 Å². The second-order valence-electron chi connectivity index (χ2n) is 9.98. The molecule has 0 bridgehead atoms. The molecule has 4 aromatic rings. The monoisotopic (exact) mass is 561 g/mol. The number of benzene rings is 4. The summed E-state index contributed by atoms with van der Waals surface area (Å²) in [6.07, 6.45) is 24.5. The Kier molecular flexibility index (Phi) is 11.5. The zero-order valence-corrected chi connectivity index (χ0v) is 25.2. The van der Waals surface area contributed by atoms with Crippen LogP contribution in [0, 0.1) is 6.92 Å². The van der Waals surface area contributed by atoms with Crippen molar-refractivity contribution in [1.82, 2.24) is 0 Å². The van der Waals surface area contributed by atoms with E-state index in [0.717, 1.165) is 45.1 Å². The van der Waals surface area contributed by atoms with Crippen LogP contribution in [0.25, 0.3) is 18.2 Å². The van der Waals surface area contributed by atoms with Gasteiger partial charge in [0.1, 0.15) is 5.75 Å². The molecule has 0 aliphatic rings. The molecular formula is C41H39NO. The first kappa shape index (κ1) is 30.6. The van der Waals surface area contributed by atoms with E-state index in [4.69, 9.17) is 4.74 Å². The van der Waals surface area contributed by atoms with E-state index in [0.29, 0.717) is 0 Å². The molecule has 4 aromatic carbocycles. The molecule has 0 radical (unpaired) electrons. The Bertz CT molecular complexity index is 1650. The number of ether oxygens (including phenoxy) is 1. The van der Waals surface area contributed by atoms with E-state index in [-0.39, 0.29) is 0 Å². The fourth-order valence-corrected chi connectivity index (χ4v) is 4.49. The van der Waals surface area contributed by atoms with Crippen LogP contribution in [0.5, 0.6) is 5.75 Å². The van der Waals surface area contributed by atoms with Gasteiger partial charge >= 0.3 is 0 Å². The molecule has 0 fully saturated rings. The summed E-state index contributed by atoms with van der Waals surface area (Å²) in [7, 11) is 1.70. The number of methoxy groups -OCH3 is 1. The van der Waals surface area contributed by atoms with Crippen LogP contribution in [-0.2, 0) is 0 Å². The third-order valence-corrected chi connectivity index (χ3v) is 6.76. The molecule has 214 valence electrons. The molecule has 0 N–H and O–H groups in total. The minimum atomic E-state index is 0.846. The van der Waals surface area contributed by atoms with E-state index >= 15 is 0 Å². The maximum absolute atomic E-state index is 5.48. The van der Waals surface area contributed by atoms with Gasteiger partial charge in [0, 0.05) is 17.1 Å². The molecule has 0 spiro atoms. The molecule has 4 rings (SSSR count). The summed E-state index contributed by atoms with van der Waals surface area (Å²) in [6, 6.07) is 33.8. The zero-order chi connectivity index (χ0) is 30.3. The molecular weight excluding hydrogens is 522 g/mol. The van der Waals surface area contributed by atoms with E-state index in [1.54, 1.807) is 7.11 Å². The van der Waals surface area contributed by atoms with Gasteiger partial charge < -0.3 is 9.64 Å². The van der Waals surface area contributed by atoms with Gasteiger partial charge in [-0.25, -0.2) is 0 Å². The minimum absolute atomic E-state index is 0.846. The van der Waals surface area contributed by atoms with Crippen LogP contribution < -0.4 is 9.64 Å². The number of anilines is 3. The molecule has 0 saturated carbocycles. The van der Waals surface area contributed by atoms with Crippen molar-refractivity contribution < 1.29 is 4.74 Å². The number of hydrogen-bond donors (Lipinski definition) is 0. The van der Waals surface area contributed by atoms with Crippen LogP contribution in [0.2, 0.25) is 0 Å². The molecule has 0 atom stereocenters. The van der Waals surface area contributed by atoms with Gasteiger partial charge in [0.05, 0.1) is 7.11 Å². The van der Waals surface area contributed by atoms with Gasteiger partial charge in [0.15, 0.2) is 0 Å². The standard InChI is InChI=1S/C41H39NO/c1-5-6-8-15-33(2)16-11-12-20-36-22-26-38(27-23-36)42(41-31-30-40(43-4)32-34(41)3)39-28-24-37(25-29-39)21-14-13-19-35-17-9-7-10-18-35/h5-32H,2H2,1,3-4H3/b6-5-,15-8-,16-11?,19-13?,20-12?,21-14?. The Hall–Kier alpha value is -5.34. The van der Waals surface area contributed by atoms with E-state index in [9.17, 15) is 0 Å². The lowest BCUT2D eigenvalue weighted by Crippen LogP contribution is -2.11. The first-order chi connectivity index (χ1) is 21.1. The van der Waals surface area contributed by atoms with E-state index in [1.807, 2.05) is 73.7 Å². The summed E-state index contributed by atoms with van der Waals surface area (Å²) in [5.74, 6) is 0.846. The average Bonchev–Trinajstić information content (AvgIpc) is 3.04. The fraction of sp³-hybridized carbons (Fsp3) is 0.0732. The highest BCUT2D eigenvalue weighted by Crippen LogP contribution is 2.38. The summed E-state index contributed by atoms with van der Waals surface area (Å²) in [6.45, 7) is 8.16. The molecule has 0 unspecified atom stereocenters. The largest absolute Gasteiger partial charge is 0.497 e. The second-order valence-corrected chi connectivity index (χ2v) is 9.98. The lowest BCUT2D eigenvalue weighted by molar-refractivity contribution is 0.414. The van der Waals surface area contributed by atoms with Gasteiger partial charge in [-0.15, -0.1) is 0 Å². The van der Waals surface area contributed by atoms with Crippen molar-refractivity contribution in [3.05, 3.63) is 186 Å². The van der Waals surface area contributed by atoms with Gasteiger partial charge in [0.25, 0.3) is 0 Å². The number of allylic oxidation sites excluding steroid dienone is 10. The quantitative estimate of drug-likeness (QED) is 0.160. The zero-order valence-electron chi connectivity index (χ0n) is 25.2. The first-order valence-electron chi connectivity index (χ1n) is 14.4. The molecule has 2 heteroatoms. The summed E-state index contributed by atoms with van der Waals surface area (Å²) in [4.78, 5) is 2.28. The van der Waals surface area contributed by atoms with E-state index in [2.05, 4.69) is 122 Å². The number of nitrogens with zero attached hydrogens (tertiary/aromatic N) is 1. The number of hydrogen-bond acceptors (Lipinski definition) is 2. The number of rotatable bonds is 12. The van der Waals surface area contributed by atoms with Crippen molar-refractivity contribution in [1.29, 1.82) is 0 Å². The van der Waals surface area contributed by atoms with Crippen LogP contribution in [0.15, 0.2) is 164 Å². The van der Waals surface area contributed by atoms with Crippen molar-refractivity contribution in [2.45, 2.75) is 13.8 Å². The Labute approximate surface area is 257 Å². The highest BCUT2D eigenvalue weighted by atomic mass is 16.5. The predicted molar refractivity (Wildman–Crippen MR) is 188 cm³/mol. The molecule has 0 amide bonds. The predicted octanol–water partition coefficient (Wildman–Crippen LogP) is 11.5. The van der Waals surface area contributed by atoms with Gasteiger partial charge in [-0.3, -0.25) is 0 Å². The van der Waals surface area contributed by atoms with E-state index in [1.165, 1.54) is 5.56 Å². The fourth-order valence-electron chi connectivity index (χ4n) is 4.49. The lowest BCUT2D eigenvalue weighted by Gasteiger charge is -2.27. The van der Waals surface area contributed by atoms with Crippen molar-refractivity contribution in [3.8, 4) is 5.75 Å². The lowest BCUT2D eigenvalue weighted by atomic mass is 10.1. The number of aryl methyl sites for hydroxylation is 1. The average molecular weight is 562 g/mol. The van der Waals surface area contributed by atoms with Crippen molar-refractivity contribution in [2.75, 3.05) is 12.0 Å². The summed E-state index contributed by atoms with van der Waals surface area (Å²) in [5.41, 5.74) is 8.80. The molecule has 2 nitrogen and oxygen atoms in total. The Balaban J connectivity index is 1.55. The SMILES string of the molecule is C=C(C=CC=Cc1ccc(N(c2ccc(C=CC=Cc3ccccc3)cc2)c2ccc(OC)cc2C)cc1)/C=C\C=C/C. The van der Waals surface area contributed by atoms with Gasteiger partial charge in [-0.2, -0.15) is 0 Å². The molecule has 43 heavy (non-hydrogen) atoms. The second kappa shape index (κ2) is 16.2. The van der Waals surface area contributed by atoms with Crippen LogP contribution in [-0.4, -0.2) is 7.11 Å². The van der Waals surface area contributed by atoms with E-state index < -0.39 is 0 Å².